The minimum absolute atomic E-state index is 0.705. The maximum atomic E-state index is 6.17. The van der Waals surface area contributed by atoms with Crippen molar-refractivity contribution in [1.82, 2.24) is 9.47 Å². The minimum atomic E-state index is 0.705. The van der Waals surface area contributed by atoms with Gasteiger partial charge in [0, 0.05) is 42.6 Å². The van der Waals surface area contributed by atoms with Gasteiger partial charge in [-0.2, -0.15) is 0 Å². The van der Waals surface area contributed by atoms with E-state index >= 15 is 0 Å². The summed E-state index contributed by atoms with van der Waals surface area (Å²) in [5.41, 5.74) is 5.34. The summed E-state index contributed by atoms with van der Waals surface area (Å²) >= 11 is 6.17. The van der Waals surface area contributed by atoms with Crippen molar-refractivity contribution in [3.63, 3.8) is 0 Å². The summed E-state index contributed by atoms with van der Waals surface area (Å²) in [6.07, 6.45) is 4.81. The van der Waals surface area contributed by atoms with Gasteiger partial charge in [0.15, 0.2) is 0 Å². The SMILES string of the molecule is Cc1cccc(Cn2cccc2CN(Cc2cccc(Cl)c2)C2CC2)c1. The van der Waals surface area contributed by atoms with Gasteiger partial charge in [-0.25, -0.2) is 0 Å². The first kappa shape index (κ1) is 17.4. The van der Waals surface area contributed by atoms with Crippen molar-refractivity contribution in [3.8, 4) is 0 Å². The summed E-state index contributed by atoms with van der Waals surface area (Å²) in [6, 6.07) is 22.1. The van der Waals surface area contributed by atoms with Crippen molar-refractivity contribution in [2.24, 2.45) is 0 Å². The van der Waals surface area contributed by atoms with Crippen molar-refractivity contribution in [2.75, 3.05) is 0 Å². The van der Waals surface area contributed by atoms with Crippen LogP contribution in [0.3, 0.4) is 0 Å². The highest BCUT2D eigenvalue weighted by atomic mass is 35.5. The Bertz CT molecular complexity index is 879. The second kappa shape index (κ2) is 7.69. The zero-order valence-electron chi connectivity index (χ0n) is 15.2. The Kier molecular flexibility index (Phi) is 5.14. The molecule has 4 rings (SSSR count). The Morgan fingerprint density at radius 2 is 1.77 bits per heavy atom. The fraction of sp³-hybridized carbons (Fsp3) is 0.304. The third-order valence-corrected chi connectivity index (χ3v) is 5.30. The molecule has 26 heavy (non-hydrogen) atoms. The van der Waals surface area contributed by atoms with Gasteiger partial charge >= 0.3 is 0 Å². The van der Waals surface area contributed by atoms with Gasteiger partial charge in [-0.05, 0) is 55.2 Å². The number of benzene rings is 2. The molecule has 0 aliphatic heterocycles. The van der Waals surface area contributed by atoms with Gasteiger partial charge in [-0.1, -0.05) is 53.6 Å². The van der Waals surface area contributed by atoms with E-state index in [0.717, 1.165) is 24.7 Å². The lowest BCUT2D eigenvalue weighted by molar-refractivity contribution is 0.240. The van der Waals surface area contributed by atoms with E-state index in [0.29, 0.717) is 6.04 Å². The molecule has 134 valence electrons. The highest BCUT2D eigenvalue weighted by Crippen LogP contribution is 2.30. The summed E-state index contributed by atoms with van der Waals surface area (Å²) in [6.45, 7) is 5.02. The lowest BCUT2D eigenvalue weighted by Crippen LogP contribution is -2.26. The molecular formula is C23H25ClN2. The number of aryl methyl sites for hydroxylation is 1. The Labute approximate surface area is 161 Å². The molecule has 1 fully saturated rings. The number of aromatic nitrogens is 1. The van der Waals surface area contributed by atoms with Crippen LogP contribution >= 0.6 is 11.6 Å². The zero-order valence-corrected chi connectivity index (χ0v) is 16.0. The van der Waals surface area contributed by atoms with E-state index in [-0.39, 0.29) is 0 Å². The molecule has 2 aromatic carbocycles. The largest absolute Gasteiger partial charge is 0.346 e. The molecular weight excluding hydrogens is 340 g/mol. The number of nitrogens with zero attached hydrogens (tertiary/aromatic N) is 2. The normalized spacial score (nSPS) is 14.1. The quantitative estimate of drug-likeness (QED) is 0.525. The van der Waals surface area contributed by atoms with E-state index in [2.05, 4.69) is 71.1 Å². The van der Waals surface area contributed by atoms with E-state index in [1.807, 2.05) is 12.1 Å². The number of hydrogen-bond donors (Lipinski definition) is 0. The van der Waals surface area contributed by atoms with Crippen LogP contribution in [0.25, 0.3) is 0 Å². The van der Waals surface area contributed by atoms with Crippen molar-refractivity contribution in [1.29, 1.82) is 0 Å². The summed E-state index contributed by atoms with van der Waals surface area (Å²) in [5, 5.41) is 0.820. The van der Waals surface area contributed by atoms with Crippen LogP contribution < -0.4 is 0 Å². The molecule has 0 atom stereocenters. The van der Waals surface area contributed by atoms with Gasteiger partial charge in [-0.3, -0.25) is 4.90 Å². The first-order valence-electron chi connectivity index (χ1n) is 9.35. The minimum Gasteiger partial charge on any atom is -0.346 e. The molecule has 0 bridgehead atoms. The monoisotopic (exact) mass is 364 g/mol. The maximum Gasteiger partial charge on any atom is 0.0473 e. The number of halogens is 1. The fourth-order valence-corrected chi connectivity index (χ4v) is 3.80. The Hall–Kier alpha value is -2.03. The molecule has 1 heterocycles. The van der Waals surface area contributed by atoms with Crippen molar-refractivity contribution in [2.45, 2.75) is 45.4 Å². The molecule has 3 aromatic rings. The Morgan fingerprint density at radius 3 is 2.54 bits per heavy atom. The molecule has 0 saturated heterocycles. The van der Waals surface area contributed by atoms with Crippen LogP contribution in [-0.4, -0.2) is 15.5 Å². The predicted octanol–water partition coefficient (Wildman–Crippen LogP) is 5.66. The lowest BCUT2D eigenvalue weighted by Gasteiger charge is -2.23. The molecule has 2 nitrogen and oxygen atoms in total. The van der Waals surface area contributed by atoms with Crippen LogP contribution in [0.5, 0.6) is 0 Å². The molecule has 0 radical (unpaired) electrons. The second-order valence-electron chi connectivity index (χ2n) is 7.38. The second-order valence-corrected chi connectivity index (χ2v) is 7.82. The zero-order chi connectivity index (χ0) is 17.9. The molecule has 1 saturated carbocycles. The van der Waals surface area contributed by atoms with Crippen LogP contribution in [0.4, 0.5) is 0 Å². The van der Waals surface area contributed by atoms with Crippen LogP contribution in [0, 0.1) is 6.92 Å². The summed E-state index contributed by atoms with van der Waals surface area (Å²) < 4.78 is 2.38. The van der Waals surface area contributed by atoms with Crippen LogP contribution in [0.1, 0.15) is 35.2 Å². The average Bonchev–Trinajstić information content (AvgIpc) is 3.37. The molecule has 0 N–H and O–H groups in total. The standard InChI is InChI=1S/C23H25ClN2/c1-18-5-2-6-19(13-18)15-25-12-4-9-23(25)17-26(22-10-11-22)16-20-7-3-8-21(24)14-20/h2-9,12-14,22H,10-11,15-17H2,1H3. The molecule has 1 aliphatic rings. The first-order chi connectivity index (χ1) is 12.7. The topological polar surface area (TPSA) is 8.17 Å². The van der Waals surface area contributed by atoms with Crippen LogP contribution in [-0.2, 0) is 19.6 Å². The van der Waals surface area contributed by atoms with E-state index in [1.54, 1.807) is 0 Å². The third kappa shape index (κ3) is 4.38. The molecule has 0 spiro atoms. The van der Waals surface area contributed by atoms with Crippen molar-refractivity contribution < 1.29 is 0 Å². The van der Waals surface area contributed by atoms with Crippen LogP contribution in [0.2, 0.25) is 5.02 Å². The summed E-state index contributed by atoms with van der Waals surface area (Å²) in [4.78, 5) is 2.59. The Morgan fingerprint density at radius 1 is 0.962 bits per heavy atom. The van der Waals surface area contributed by atoms with Gasteiger partial charge in [0.05, 0.1) is 0 Å². The van der Waals surface area contributed by atoms with Crippen molar-refractivity contribution >= 4 is 11.6 Å². The molecule has 0 amide bonds. The summed E-state index contributed by atoms with van der Waals surface area (Å²) in [7, 11) is 0. The van der Waals surface area contributed by atoms with Gasteiger partial charge in [-0.15, -0.1) is 0 Å². The third-order valence-electron chi connectivity index (χ3n) is 5.06. The lowest BCUT2D eigenvalue weighted by atomic mass is 10.1. The maximum absolute atomic E-state index is 6.17. The summed E-state index contributed by atoms with van der Waals surface area (Å²) in [5.74, 6) is 0. The van der Waals surface area contributed by atoms with Gasteiger partial charge in [0.25, 0.3) is 0 Å². The predicted molar refractivity (Wildman–Crippen MR) is 108 cm³/mol. The number of rotatable bonds is 7. The smallest absolute Gasteiger partial charge is 0.0473 e. The van der Waals surface area contributed by atoms with E-state index in [1.165, 1.54) is 35.2 Å². The van der Waals surface area contributed by atoms with Crippen LogP contribution in [0.15, 0.2) is 66.9 Å². The van der Waals surface area contributed by atoms with Crippen molar-refractivity contribution in [3.05, 3.63) is 94.3 Å². The first-order valence-corrected chi connectivity index (χ1v) is 9.73. The molecule has 1 aromatic heterocycles. The molecule has 1 aliphatic carbocycles. The highest BCUT2D eigenvalue weighted by Gasteiger charge is 2.29. The van der Waals surface area contributed by atoms with E-state index < -0.39 is 0 Å². The van der Waals surface area contributed by atoms with Gasteiger partial charge in [0.2, 0.25) is 0 Å². The highest BCUT2D eigenvalue weighted by molar-refractivity contribution is 6.30. The fourth-order valence-electron chi connectivity index (χ4n) is 3.59. The van der Waals surface area contributed by atoms with E-state index in [9.17, 15) is 0 Å². The van der Waals surface area contributed by atoms with E-state index in [4.69, 9.17) is 11.6 Å². The molecule has 0 unspecified atom stereocenters. The average molecular weight is 365 g/mol. The number of hydrogen-bond acceptors (Lipinski definition) is 1. The van der Waals surface area contributed by atoms with Gasteiger partial charge < -0.3 is 4.57 Å². The molecule has 3 heteroatoms. The Balaban J connectivity index is 1.49. The van der Waals surface area contributed by atoms with Gasteiger partial charge in [0.1, 0.15) is 0 Å².